The van der Waals surface area contributed by atoms with Gasteiger partial charge in [0.1, 0.15) is 5.82 Å². The molecule has 1 amide bonds. The van der Waals surface area contributed by atoms with E-state index in [9.17, 15) is 9.18 Å². The van der Waals surface area contributed by atoms with Gasteiger partial charge in [-0.05, 0) is 42.5 Å². The van der Waals surface area contributed by atoms with E-state index in [1.54, 1.807) is 22.3 Å². The SMILES string of the molecule is O=C(c1cc(Br)ccc1F)N(Cc1cccs1)CC1CCCO1. The Bertz CT molecular complexity index is 671. The Morgan fingerprint density at radius 2 is 2.30 bits per heavy atom. The fraction of sp³-hybridized carbons (Fsp3) is 0.353. The third kappa shape index (κ3) is 4.19. The predicted octanol–water partition coefficient (Wildman–Crippen LogP) is 4.47. The van der Waals surface area contributed by atoms with Gasteiger partial charge in [-0.25, -0.2) is 4.39 Å². The molecule has 23 heavy (non-hydrogen) atoms. The van der Waals surface area contributed by atoms with Crippen LogP contribution in [0.1, 0.15) is 28.1 Å². The summed E-state index contributed by atoms with van der Waals surface area (Å²) < 4.78 is 20.4. The van der Waals surface area contributed by atoms with E-state index in [1.807, 2.05) is 17.5 Å². The van der Waals surface area contributed by atoms with Crippen molar-refractivity contribution in [3.05, 3.63) is 56.4 Å². The molecule has 0 aliphatic carbocycles. The number of carbonyl (C=O) groups excluding carboxylic acids is 1. The summed E-state index contributed by atoms with van der Waals surface area (Å²) >= 11 is 4.89. The third-order valence-corrected chi connectivity index (χ3v) is 5.18. The molecule has 0 spiro atoms. The molecule has 1 aromatic heterocycles. The van der Waals surface area contributed by atoms with E-state index in [-0.39, 0.29) is 17.6 Å². The first kappa shape index (κ1) is 16.6. The number of amides is 1. The first-order chi connectivity index (χ1) is 11.1. The highest BCUT2D eigenvalue weighted by Crippen LogP contribution is 2.22. The number of thiophene rings is 1. The maximum Gasteiger partial charge on any atom is 0.257 e. The molecule has 1 aliphatic rings. The molecule has 0 bridgehead atoms. The largest absolute Gasteiger partial charge is 0.376 e. The molecule has 2 aromatic rings. The molecule has 2 heterocycles. The molecule has 1 atom stereocenters. The van der Waals surface area contributed by atoms with Crippen LogP contribution in [0.4, 0.5) is 4.39 Å². The van der Waals surface area contributed by atoms with Gasteiger partial charge in [0, 0.05) is 22.5 Å². The van der Waals surface area contributed by atoms with Crippen LogP contribution in [0.15, 0.2) is 40.2 Å². The van der Waals surface area contributed by atoms with Crippen LogP contribution in [0.3, 0.4) is 0 Å². The molecular weight excluding hydrogens is 381 g/mol. The topological polar surface area (TPSA) is 29.5 Å². The Morgan fingerprint density at radius 3 is 3.00 bits per heavy atom. The van der Waals surface area contributed by atoms with Gasteiger partial charge in [-0.15, -0.1) is 11.3 Å². The van der Waals surface area contributed by atoms with Crippen LogP contribution in [0.25, 0.3) is 0 Å². The molecule has 122 valence electrons. The highest BCUT2D eigenvalue weighted by atomic mass is 79.9. The van der Waals surface area contributed by atoms with Crippen molar-refractivity contribution in [2.75, 3.05) is 13.2 Å². The summed E-state index contributed by atoms with van der Waals surface area (Å²) in [6.45, 7) is 1.70. The van der Waals surface area contributed by atoms with Gasteiger partial charge in [0.2, 0.25) is 0 Å². The minimum absolute atomic E-state index is 0.0362. The molecule has 0 radical (unpaired) electrons. The molecule has 1 aliphatic heterocycles. The summed E-state index contributed by atoms with van der Waals surface area (Å²) in [5.74, 6) is -0.797. The second-order valence-corrected chi connectivity index (χ2v) is 7.47. The van der Waals surface area contributed by atoms with Gasteiger partial charge in [0.05, 0.1) is 18.2 Å². The predicted molar refractivity (Wildman–Crippen MR) is 92.1 cm³/mol. The Hall–Kier alpha value is -1.24. The van der Waals surface area contributed by atoms with Crippen molar-refractivity contribution in [3.63, 3.8) is 0 Å². The second-order valence-electron chi connectivity index (χ2n) is 5.52. The van der Waals surface area contributed by atoms with Gasteiger partial charge < -0.3 is 9.64 Å². The fourth-order valence-corrected chi connectivity index (χ4v) is 3.76. The molecule has 1 fully saturated rings. The van der Waals surface area contributed by atoms with Crippen LogP contribution in [0, 0.1) is 5.82 Å². The molecule has 0 N–H and O–H groups in total. The zero-order valence-electron chi connectivity index (χ0n) is 12.5. The molecular formula is C17H17BrFNO2S. The van der Waals surface area contributed by atoms with E-state index in [0.29, 0.717) is 17.6 Å². The Labute approximate surface area is 147 Å². The van der Waals surface area contributed by atoms with Gasteiger partial charge in [0.15, 0.2) is 0 Å². The summed E-state index contributed by atoms with van der Waals surface area (Å²) in [5, 5.41) is 1.98. The quantitative estimate of drug-likeness (QED) is 0.744. The van der Waals surface area contributed by atoms with Crippen molar-refractivity contribution >= 4 is 33.2 Å². The van der Waals surface area contributed by atoms with Crippen LogP contribution in [0.2, 0.25) is 0 Å². The zero-order valence-corrected chi connectivity index (χ0v) is 14.9. The monoisotopic (exact) mass is 397 g/mol. The summed E-state index contributed by atoms with van der Waals surface area (Å²) in [4.78, 5) is 15.6. The highest BCUT2D eigenvalue weighted by molar-refractivity contribution is 9.10. The average Bonchev–Trinajstić information content (AvgIpc) is 3.22. The summed E-state index contributed by atoms with van der Waals surface area (Å²) in [7, 11) is 0. The van der Waals surface area contributed by atoms with Crippen molar-refractivity contribution in [1.29, 1.82) is 0 Å². The van der Waals surface area contributed by atoms with Gasteiger partial charge in [-0.1, -0.05) is 22.0 Å². The lowest BCUT2D eigenvalue weighted by Crippen LogP contribution is -2.37. The number of nitrogens with zero attached hydrogens (tertiary/aromatic N) is 1. The normalized spacial score (nSPS) is 17.4. The number of ether oxygens (including phenoxy) is 1. The lowest BCUT2D eigenvalue weighted by molar-refractivity contribution is 0.0506. The average molecular weight is 398 g/mol. The van der Waals surface area contributed by atoms with Crippen LogP contribution in [-0.2, 0) is 11.3 Å². The Balaban J connectivity index is 1.83. The van der Waals surface area contributed by atoms with Crippen LogP contribution >= 0.6 is 27.3 Å². The maximum atomic E-state index is 14.1. The van der Waals surface area contributed by atoms with E-state index in [0.717, 1.165) is 24.3 Å². The van der Waals surface area contributed by atoms with Crippen molar-refractivity contribution in [2.45, 2.75) is 25.5 Å². The van der Waals surface area contributed by atoms with E-state index in [4.69, 9.17) is 4.74 Å². The minimum Gasteiger partial charge on any atom is -0.376 e. The number of halogens is 2. The lowest BCUT2D eigenvalue weighted by Gasteiger charge is -2.25. The van der Waals surface area contributed by atoms with Crippen molar-refractivity contribution < 1.29 is 13.9 Å². The van der Waals surface area contributed by atoms with Crippen LogP contribution < -0.4 is 0 Å². The number of carbonyl (C=O) groups is 1. The van der Waals surface area contributed by atoms with Crippen LogP contribution in [0.5, 0.6) is 0 Å². The van der Waals surface area contributed by atoms with E-state index in [1.165, 1.54) is 12.1 Å². The highest BCUT2D eigenvalue weighted by Gasteiger charge is 2.25. The Morgan fingerprint density at radius 1 is 1.43 bits per heavy atom. The molecule has 1 aromatic carbocycles. The van der Waals surface area contributed by atoms with Gasteiger partial charge in [-0.3, -0.25) is 4.79 Å². The van der Waals surface area contributed by atoms with E-state index in [2.05, 4.69) is 15.9 Å². The maximum absolute atomic E-state index is 14.1. The Kier molecular flexibility index (Phi) is 5.46. The first-order valence-corrected chi connectivity index (χ1v) is 9.19. The van der Waals surface area contributed by atoms with Crippen molar-refractivity contribution in [3.8, 4) is 0 Å². The smallest absolute Gasteiger partial charge is 0.257 e. The molecule has 3 nitrogen and oxygen atoms in total. The number of hydrogen-bond acceptors (Lipinski definition) is 3. The minimum atomic E-state index is -0.498. The molecule has 6 heteroatoms. The van der Waals surface area contributed by atoms with E-state index < -0.39 is 5.82 Å². The van der Waals surface area contributed by atoms with Crippen LogP contribution in [-0.4, -0.2) is 30.1 Å². The van der Waals surface area contributed by atoms with Gasteiger partial charge in [-0.2, -0.15) is 0 Å². The zero-order chi connectivity index (χ0) is 16.2. The van der Waals surface area contributed by atoms with Gasteiger partial charge >= 0.3 is 0 Å². The lowest BCUT2D eigenvalue weighted by atomic mass is 10.1. The summed E-state index contributed by atoms with van der Waals surface area (Å²) in [6.07, 6.45) is 1.99. The molecule has 1 saturated heterocycles. The number of hydrogen-bond donors (Lipinski definition) is 0. The molecule has 0 saturated carbocycles. The molecule has 3 rings (SSSR count). The standard InChI is InChI=1S/C17H17BrFNO2S/c18-12-5-6-16(19)15(9-12)17(21)20(10-13-3-1-7-22-13)11-14-4-2-8-23-14/h2,4-6,8-9,13H,1,3,7,10-11H2. The third-order valence-electron chi connectivity index (χ3n) is 3.82. The summed E-state index contributed by atoms with van der Waals surface area (Å²) in [5.41, 5.74) is 0.0916. The van der Waals surface area contributed by atoms with Crippen molar-refractivity contribution in [2.24, 2.45) is 0 Å². The number of benzene rings is 1. The molecule has 1 unspecified atom stereocenters. The van der Waals surface area contributed by atoms with Gasteiger partial charge in [0.25, 0.3) is 5.91 Å². The summed E-state index contributed by atoms with van der Waals surface area (Å²) in [6, 6.07) is 8.38. The van der Waals surface area contributed by atoms with E-state index >= 15 is 0 Å². The fourth-order valence-electron chi connectivity index (χ4n) is 2.68. The van der Waals surface area contributed by atoms with Crippen molar-refractivity contribution in [1.82, 2.24) is 4.90 Å². The first-order valence-electron chi connectivity index (χ1n) is 7.52. The second kappa shape index (κ2) is 7.55. The number of rotatable bonds is 5.